The molecule has 2 N–H and O–H groups in total. The molecule has 0 saturated heterocycles. The molecule has 0 atom stereocenters. The predicted octanol–water partition coefficient (Wildman–Crippen LogP) is 4.77. The molecule has 0 heterocycles. The van der Waals surface area contributed by atoms with Gasteiger partial charge in [0, 0.05) is 23.6 Å². The Bertz CT molecular complexity index is 1130. The second-order valence-electron chi connectivity index (χ2n) is 7.24. The molecule has 0 bridgehead atoms. The van der Waals surface area contributed by atoms with E-state index in [0.717, 1.165) is 17.1 Å². The van der Waals surface area contributed by atoms with E-state index in [1.54, 1.807) is 55.1 Å². The van der Waals surface area contributed by atoms with Crippen LogP contribution in [0.5, 0.6) is 0 Å². The van der Waals surface area contributed by atoms with Gasteiger partial charge in [0.15, 0.2) is 0 Å². The Morgan fingerprint density at radius 3 is 2.35 bits per heavy atom. The summed E-state index contributed by atoms with van der Waals surface area (Å²) in [6.07, 6.45) is 0. The largest absolute Gasteiger partial charge is 0.351 e. The van der Waals surface area contributed by atoms with Crippen LogP contribution in [0.4, 0.5) is 5.69 Å². The van der Waals surface area contributed by atoms with E-state index in [1.807, 2.05) is 0 Å². The average Bonchev–Trinajstić information content (AvgIpc) is 2.76. The van der Waals surface area contributed by atoms with E-state index >= 15 is 0 Å². The Morgan fingerprint density at radius 2 is 1.65 bits per heavy atom. The predicted molar refractivity (Wildman–Crippen MR) is 128 cm³/mol. The number of amides is 1. The van der Waals surface area contributed by atoms with E-state index in [1.165, 1.54) is 23.3 Å². The van der Waals surface area contributed by atoms with Gasteiger partial charge in [0.2, 0.25) is 0 Å². The van der Waals surface area contributed by atoms with Crippen LogP contribution in [-0.4, -0.2) is 26.6 Å². The summed E-state index contributed by atoms with van der Waals surface area (Å²) in [7, 11) is -3.72. The van der Waals surface area contributed by atoms with Gasteiger partial charge in [-0.25, -0.2) is 8.42 Å². The van der Waals surface area contributed by atoms with E-state index in [4.69, 9.17) is 0 Å². The molecule has 7 heteroatoms. The fourth-order valence-corrected chi connectivity index (χ4v) is 4.85. The summed E-state index contributed by atoms with van der Waals surface area (Å²) in [4.78, 5) is 12.7. The van der Waals surface area contributed by atoms with Crippen LogP contribution in [0.3, 0.4) is 0 Å². The number of hydrogen-bond acceptors (Lipinski definition) is 4. The molecular weight excluding hydrogens is 428 g/mol. The monoisotopic (exact) mass is 454 g/mol. The Hall–Kier alpha value is -2.77. The molecule has 0 aliphatic rings. The molecule has 0 aliphatic carbocycles. The fraction of sp³-hybridized carbons (Fsp3) is 0.208. The van der Waals surface area contributed by atoms with Crippen LogP contribution in [0.25, 0.3) is 0 Å². The van der Waals surface area contributed by atoms with Crippen LogP contribution in [0.15, 0.2) is 77.7 Å². The maximum absolute atomic E-state index is 12.6. The number of rotatable bonds is 9. The highest BCUT2D eigenvalue weighted by molar-refractivity contribution is 7.98. The minimum atomic E-state index is -3.72. The van der Waals surface area contributed by atoms with Crippen molar-refractivity contribution in [3.05, 3.63) is 95.1 Å². The molecule has 3 rings (SSSR count). The van der Waals surface area contributed by atoms with Crippen molar-refractivity contribution in [1.82, 2.24) is 5.32 Å². The molecule has 3 aromatic carbocycles. The first-order chi connectivity index (χ1) is 14.8. The van der Waals surface area contributed by atoms with Gasteiger partial charge in [0.05, 0.1) is 10.6 Å². The van der Waals surface area contributed by atoms with Crippen molar-refractivity contribution in [2.24, 2.45) is 0 Å². The summed E-state index contributed by atoms with van der Waals surface area (Å²) >= 11 is 1.75. The molecule has 0 aromatic heterocycles. The quantitative estimate of drug-likeness (QED) is 0.457. The van der Waals surface area contributed by atoms with Gasteiger partial charge < -0.3 is 5.32 Å². The van der Waals surface area contributed by atoms with E-state index in [0.29, 0.717) is 17.8 Å². The molecule has 1 amide bonds. The lowest BCUT2D eigenvalue weighted by atomic mass is 10.1. The summed E-state index contributed by atoms with van der Waals surface area (Å²) in [6, 6.07) is 21.6. The SMILES string of the molecule is Cc1ccc(CSCCNC(=O)c2ccc(C)c(NS(=O)(=O)c3ccccc3)c2)cc1. The third-order valence-electron chi connectivity index (χ3n) is 4.72. The highest BCUT2D eigenvalue weighted by Crippen LogP contribution is 2.21. The molecule has 0 fully saturated rings. The molecule has 0 aliphatic heterocycles. The maximum Gasteiger partial charge on any atom is 0.261 e. The van der Waals surface area contributed by atoms with Gasteiger partial charge in [-0.1, -0.05) is 54.1 Å². The minimum absolute atomic E-state index is 0.176. The Balaban J connectivity index is 1.55. The van der Waals surface area contributed by atoms with Crippen molar-refractivity contribution in [1.29, 1.82) is 0 Å². The van der Waals surface area contributed by atoms with Crippen molar-refractivity contribution in [2.45, 2.75) is 24.5 Å². The number of carbonyl (C=O) groups is 1. The molecule has 0 saturated carbocycles. The molecule has 162 valence electrons. The van der Waals surface area contributed by atoms with Crippen molar-refractivity contribution < 1.29 is 13.2 Å². The first kappa shape index (κ1) is 22.9. The van der Waals surface area contributed by atoms with Crippen molar-refractivity contribution >= 4 is 33.4 Å². The van der Waals surface area contributed by atoms with Crippen LogP contribution < -0.4 is 10.0 Å². The third kappa shape index (κ3) is 6.60. The number of anilines is 1. The lowest BCUT2D eigenvalue weighted by Crippen LogP contribution is -2.26. The molecule has 3 aromatic rings. The second kappa shape index (κ2) is 10.5. The number of benzene rings is 3. The smallest absolute Gasteiger partial charge is 0.261 e. The van der Waals surface area contributed by atoms with Crippen LogP contribution >= 0.6 is 11.8 Å². The van der Waals surface area contributed by atoms with Crippen molar-refractivity contribution in [2.75, 3.05) is 17.0 Å². The summed E-state index contributed by atoms with van der Waals surface area (Å²) in [5.74, 6) is 1.46. The van der Waals surface area contributed by atoms with E-state index < -0.39 is 10.0 Å². The van der Waals surface area contributed by atoms with Crippen LogP contribution in [0.2, 0.25) is 0 Å². The second-order valence-corrected chi connectivity index (χ2v) is 10.0. The zero-order chi connectivity index (χ0) is 22.3. The van der Waals surface area contributed by atoms with Gasteiger partial charge >= 0.3 is 0 Å². The maximum atomic E-state index is 12.6. The molecule has 0 spiro atoms. The van der Waals surface area contributed by atoms with Crippen molar-refractivity contribution in [3.63, 3.8) is 0 Å². The normalized spacial score (nSPS) is 11.2. The van der Waals surface area contributed by atoms with E-state index in [-0.39, 0.29) is 10.8 Å². The van der Waals surface area contributed by atoms with Gasteiger partial charge in [-0.15, -0.1) is 0 Å². The number of hydrogen-bond donors (Lipinski definition) is 2. The van der Waals surface area contributed by atoms with Gasteiger partial charge in [-0.2, -0.15) is 11.8 Å². The standard InChI is InChI=1S/C24H26N2O3S2/c1-18-8-11-20(12-9-18)17-30-15-14-25-24(27)21-13-10-19(2)23(16-21)26-31(28,29)22-6-4-3-5-7-22/h3-13,16,26H,14-15,17H2,1-2H3,(H,25,27). The highest BCUT2D eigenvalue weighted by atomic mass is 32.2. The van der Waals surface area contributed by atoms with Gasteiger partial charge in [0.1, 0.15) is 0 Å². The molecule has 5 nitrogen and oxygen atoms in total. The zero-order valence-corrected chi connectivity index (χ0v) is 19.2. The van der Waals surface area contributed by atoms with Crippen LogP contribution in [0, 0.1) is 13.8 Å². The third-order valence-corrected chi connectivity index (χ3v) is 7.13. The zero-order valence-electron chi connectivity index (χ0n) is 17.6. The first-order valence-electron chi connectivity index (χ1n) is 9.95. The average molecular weight is 455 g/mol. The van der Waals surface area contributed by atoms with Gasteiger partial charge in [-0.3, -0.25) is 9.52 Å². The lowest BCUT2D eigenvalue weighted by molar-refractivity contribution is 0.0956. The Kier molecular flexibility index (Phi) is 7.76. The van der Waals surface area contributed by atoms with Crippen LogP contribution in [0.1, 0.15) is 27.0 Å². The highest BCUT2D eigenvalue weighted by Gasteiger charge is 2.16. The van der Waals surface area contributed by atoms with Gasteiger partial charge in [-0.05, 0) is 49.2 Å². The molecule has 31 heavy (non-hydrogen) atoms. The number of nitrogens with one attached hydrogen (secondary N) is 2. The molecule has 0 unspecified atom stereocenters. The number of sulfonamides is 1. The number of carbonyl (C=O) groups excluding carboxylic acids is 1. The molecular formula is C24H26N2O3S2. The van der Waals surface area contributed by atoms with E-state index in [2.05, 4.69) is 41.2 Å². The first-order valence-corrected chi connectivity index (χ1v) is 12.6. The fourth-order valence-electron chi connectivity index (χ4n) is 2.89. The summed E-state index contributed by atoms with van der Waals surface area (Å²) in [5.41, 5.74) is 4.05. The topological polar surface area (TPSA) is 75.3 Å². The summed E-state index contributed by atoms with van der Waals surface area (Å²) < 4.78 is 27.8. The summed E-state index contributed by atoms with van der Waals surface area (Å²) in [5, 5.41) is 2.90. The summed E-state index contributed by atoms with van der Waals surface area (Å²) in [6.45, 7) is 4.40. The van der Waals surface area contributed by atoms with Crippen LogP contribution in [-0.2, 0) is 15.8 Å². The lowest BCUT2D eigenvalue weighted by Gasteiger charge is -2.12. The minimum Gasteiger partial charge on any atom is -0.351 e. The number of aryl methyl sites for hydroxylation is 2. The number of thioether (sulfide) groups is 1. The Morgan fingerprint density at radius 1 is 0.935 bits per heavy atom. The Labute approximate surface area is 188 Å². The van der Waals surface area contributed by atoms with Gasteiger partial charge in [0.25, 0.3) is 15.9 Å². The van der Waals surface area contributed by atoms with Crippen molar-refractivity contribution in [3.8, 4) is 0 Å². The molecule has 0 radical (unpaired) electrons. The van der Waals surface area contributed by atoms with E-state index in [9.17, 15) is 13.2 Å².